The highest BCUT2D eigenvalue weighted by molar-refractivity contribution is 7.11. The van der Waals surface area contributed by atoms with Crippen molar-refractivity contribution in [2.75, 3.05) is 6.54 Å². The molecule has 15 heavy (non-hydrogen) atoms. The normalized spacial score (nSPS) is 15.7. The fraction of sp³-hybridized carbons (Fsp3) is 0.750. The summed E-state index contributed by atoms with van der Waals surface area (Å²) in [6.45, 7) is 5.43. The number of thiazole rings is 1. The van der Waals surface area contributed by atoms with Crippen molar-refractivity contribution >= 4 is 11.3 Å². The molecule has 3 heteroatoms. The van der Waals surface area contributed by atoms with Gasteiger partial charge < -0.3 is 5.32 Å². The van der Waals surface area contributed by atoms with E-state index in [1.54, 1.807) is 4.88 Å². The van der Waals surface area contributed by atoms with Gasteiger partial charge in [0, 0.05) is 23.9 Å². The van der Waals surface area contributed by atoms with E-state index in [0.29, 0.717) is 6.04 Å². The summed E-state index contributed by atoms with van der Waals surface area (Å²) in [5, 5.41) is 4.77. The molecule has 0 saturated carbocycles. The molecule has 0 spiro atoms. The first-order chi connectivity index (χ1) is 7.25. The molecule has 1 heterocycles. The lowest BCUT2D eigenvalue weighted by Crippen LogP contribution is -2.24. The minimum absolute atomic E-state index is 0.583. The van der Waals surface area contributed by atoms with Gasteiger partial charge in [0.25, 0.3) is 0 Å². The molecule has 0 amide bonds. The Hall–Kier alpha value is -0.410. The molecule has 1 aromatic heterocycles. The number of aromatic nitrogens is 1. The largest absolute Gasteiger partial charge is 0.314 e. The summed E-state index contributed by atoms with van der Waals surface area (Å²) in [7, 11) is 0. The van der Waals surface area contributed by atoms with Crippen LogP contribution in [0, 0.1) is 0 Å². The molecule has 0 bridgehead atoms. The molecular formula is C12H20N2S. The van der Waals surface area contributed by atoms with Gasteiger partial charge in [-0.25, -0.2) is 4.98 Å². The summed E-state index contributed by atoms with van der Waals surface area (Å²) in [6.07, 6.45) is 6.27. The SMILES string of the molecule is CC(C)NCCc1nc2c(s1)CCCC2. The van der Waals surface area contributed by atoms with E-state index in [1.807, 2.05) is 11.3 Å². The predicted octanol–water partition coefficient (Wildman–Crippen LogP) is 2.56. The van der Waals surface area contributed by atoms with Crippen LogP contribution in [0.5, 0.6) is 0 Å². The lowest BCUT2D eigenvalue weighted by molar-refractivity contribution is 0.589. The van der Waals surface area contributed by atoms with Crippen LogP contribution in [0.4, 0.5) is 0 Å². The second-order valence-electron chi connectivity index (χ2n) is 4.54. The fourth-order valence-electron chi connectivity index (χ4n) is 1.98. The van der Waals surface area contributed by atoms with E-state index >= 15 is 0 Å². The van der Waals surface area contributed by atoms with Gasteiger partial charge in [0.15, 0.2) is 0 Å². The van der Waals surface area contributed by atoms with Crippen LogP contribution in [0.25, 0.3) is 0 Å². The van der Waals surface area contributed by atoms with Gasteiger partial charge in [-0.2, -0.15) is 0 Å². The summed E-state index contributed by atoms with van der Waals surface area (Å²) in [5.41, 5.74) is 1.39. The number of hydrogen-bond acceptors (Lipinski definition) is 3. The van der Waals surface area contributed by atoms with Crippen molar-refractivity contribution in [1.29, 1.82) is 0 Å². The van der Waals surface area contributed by atoms with E-state index in [4.69, 9.17) is 4.98 Å². The topological polar surface area (TPSA) is 24.9 Å². The molecule has 2 nitrogen and oxygen atoms in total. The second-order valence-corrected chi connectivity index (χ2v) is 5.71. The Bertz CT molecular complexity index is 294. The maximum atomic E-state index is 4.73. The summed E-state index contributed by atoms with van der Waals surface area (Å²) >= 11 is 1.94. The van der Waals surface area contributed by atoms with E-state index in [0.717, 1.165) is 13.0 Å². The summed E-state index contributed by atoms with van der Waals surface area (Å²) in [6, 6.07) is 0.583. The first kappa shape index (κ1) is 11.1. The van der Waals surface area contributed by atoms with Crippen LogP contribution in [0.15, 0.2) is 0 Å². The van der Waals surface area contributed by atoms with Crippen molar-refractivity contribution < 1.29 is 0 Å². The zero-order valence-electron chi connectivity index (χ0n) is 9.68. The summed E-state index contributed by atoms with van der Waals surface area (Å²) in [4.78, 5) is 6.28. The van der Waals surface area contributed by atoms with Crippen molar-refractivity contribution in [3.8, 4) is 0 Å². The molecule has 0 radical (unpaired) electrons. The highest BCUT2D eigenvalue weighted by Gasteiger charge is 2.14. The van der Waals surface area contributed by atoms with Gasteiger partial charge in [0.2, 0.25) is 0 Å². The third kappa shape index (κ3) is 3.02. The van der Waals surface area contributed by atoms with Crippen molar-refractivity contribution in [3.05, 3.63) is 15.6 Å². The number of aryl methyl sites for hydroxylation is 2. The average molecular weight is 224 g/mol. The molecule has 0 unspecified atom stereocenters. The maximum absolute atomic E-state index is 4.73. The zero-order valence-corrected chi connectivity index (χ0v) is 10.5. The maximum Gasteiger partial charge on any atom is 0.0943 e. The highest BCUT2D eigenvalue weighted by Crippen LogP contribution is 2.26. The Kier molecular flexibility index (Phi) is 3.76. The van der Waals surface area contributed by atoms with Crippen molar-refractivity contribution in [2.24, 2.45) is 0 Å². The minimum Gasteiger partial charge on any atom is -0.314 e. The predicted molar refractivity (Wildman–Crippen MR) is 65.6 cm³/mol. The van der Waals surface area contributed by atoms with Crippen LogP contribution in [0.3, 0.4) is 0 Å². The number of nitrogens with one attached hydrogen (secondary N) is 1. The quantitative estimate of drug-likeness (QED) is 0.850. The number of nitrogens with zero attached hydrogens (tertiary/aromatic N) is 1. The Balaban J connectivity index is 1.89. The summed E-state index contributed by atoms with van der Waals surface area (Å²) in [5.74, 6) is 0. The van der Waals surface area contributed by atoms with E-state index in [-0.39, 0.29) is 0 Å². The van der Waals surface area contributed by atoms with E-state index in [2.05, 4.69) is 19.2 Å². The second kappa shape index (κ2) is 5.08. The van der Waals surface area contributed by atoms with Gasteiger partial charge in [0.05, 0.1) is 10.7 Å². The molecule has 0 aromatic carbocycles. The Morgan fingerprint density at radius 1 is 1.33 bits per heavy atom. The van der Waals surface area contributed by atoms with Crippen molar-refractivity contribution in [2.45, 2.75) is 52.0 Å². The van der Waals surface area contributed by atoms with Gasteiger partial charge in [-0.15, -0.1) is 11.3 Å². The van der Waals surface area contributed by atoms with Crippen molar-refractivity contribution in [3.63, 3.8) is 0 Å². The van der Waals surface area contributed by atoms with Gasteiger partial charge in [0.1, 0.15) is 0 Å². The first-order valence-electron chi connectivity index (χ1n) is 5.96. The van der Waals surface area contributed by atoms with Crippen molar-refractivity contribution in [1.82, 2.24) is 10.3 Å². The number of fused-ring (bicyclic) bond motifs is 1. The number of hydrogen-bond donors (Lipinski definition) is 1. The molecule has 0 aliphatic heterocycles. The third-order valence-corrected chi connectivity index (χ3v) is 4.00. The van der Waals surface area contributed by atoms with Crippen LogP contribution in [0.2, 0.25) is 0 Å². The van der Waals surface area contributed by atoms with E-state index in [1.165, 1.54) is 36.4 Å². The molecule has 1 aliphatic rings. The van der Waals surface area contributed by atoms with Gasteiger partial charge in [-0.1, -0.05) is 13.8 Å². The average Bonchev–Trinajstić information content (AvgIpc) is 2.59. The molecule has 2 rings (SSSR count). The molecule has 1 N–H and O–H groups in total. The van der Waals surface area contributed by atoms with Gasteiger partial charge in [-0.3, -0.25) is 0 Å². The van der Waals surface area contributed by atoms with Crippen LogP contribution < -0.4 is 5.32 Å². The lowest BCUT2D eigenvalue weighted by Gasteiger charge is -2.06. The van der Waals surface area contributed by atoms with Gasteiger partial charge >= 0.3 is 0 Å². The smallest absolute Gasteiger partial charge is 0.0943 e. The molecular weight excluding hydrogens is 204 g/mol. The molecule has 1 aromatic rings. The lowest BCUT2D eigenvalue weighted by atomic mass is 10.0. The van der Waals surface area contributed by atoms with Crippen LogP contribution in [-0.4, -0.2) is 17.6 Å². The van der Waals surface area contributed by atoms with Crippen LogP contribution >= 0.6 is 11.3 Å². The Morgan fingerprint density at radius 2 is 2.13 bits per heavy atom. The fourth-order valence-corrected chi connectivity index (χ4v) is 3.14. The van der Waals surface area contributed by atoms with Crippen LogP contribution in [-0.2, 0) is 19.3 Å². The minimum atomic E-state index is 0.583. The Morgan fingerprint density at radius 3 is 2.87 bits per heavy atom. The monoisotopic (exact) mass is 224 g/mol. The van der Waals surface area contributed by atoms with Crippen LogP contribution in [0.1, 0.15) is 42.3 Å². The van der Waals surface area contributed by atoms with E-state index < -0.39 is 0 Å². The third-order valence-electron chi connectivity index (χ3n) is 2.78. The van der Waals surface area contributed by atoms with E-state index in [9.17, 15) is 0 Å². The molecule has 1 aliphatic carbocycles. The Labute approximate surface area is 96.1 Å². The highest BCUT2D eigenvalue weighted by atomic mass is 32.1. The first-order valence-corrected chi connectivity index (χ1v) is 6.78. The standard InChI is InChI=1S/C12H20N2S/c1-9(2)13-8-7-12-14-10-5-3-4-6-11(10)15-12/h9,13H,3-8H2,1-2H3. The molecule has 0 saturated heterocycles. The van der Waals surface area contributed by atoms with Gasteiger partial charge in [-0.05, 0) is 25.7 Å². The molecule has 0 atom stereocenters. The molecule has 0 fully saturated rings. The molecule has 84 valence electrons. The summed E-state index contributed by atoms with van der Waals surface area (Å²) < 4.78 is 0. The number of rotatable bonds is 4. The zero-order chi connectivity index (χ0) is 10.7.